The van der Waals surface area contributed by atoms with Crippen molar-refractivity contribution in [1.82, 2.24) is 4.90 Å². The smallest absolute Gasteiger partial charge is 0.310 e. The second-order valence-corrected chi connectivity index (χ2v) is 7.15. The highest BCUT2D eigenvalue weighted by Gasteiger charge is 2.31. The maximum atomic E-state index is 12.6. The Hall–Kier alpha value is -1.07. The Bertz CT molecular complexity index is 567. The summed E-state index contributed by atoms with van der Waals surface area (Å²) in [6.07, 6.45) is 2.13. The lowest BCUT2D eigenvalue weighted by Crippen LogP contribution is -2.46. The molecule has 1 aliphatic rings. The van der Waals surface area contributed by atoms with Crippen LogP contribution in [0.4, 0.5) is 0 Å². The number of carbonyl (C=O) groups is 2. The maximum Gasteiger partial charge on any atom is 0.310 e. The molecule has 2 atom stereocenters. The fourth-order valence-electron chi connectivity index (χ4n) is 2.77. The van der Waals surface area contributed by atoms with Crippen molar-refractivity contribution in [2.45, 2.75) is 31.0 Å². The lowest BCUT2D eigenvalue weighted by atomic mass is 9.97. The number of nitrogens with zero attached hydrogens (tertiary/aromatic N) is 1. The summed E-state index contributed by atoms with van der Waals surface area (Å²) in [7, 11) is 0. The van der Waals surface area contributed by atoms with E-state index in [1.807, 2.05) is 24.3 Å². The molecule has 1 heterocycles. The number of halogens is 2. The maximum absolute atomic E-state index is 12.6. The Morgan fingerprint density at radius 2 is 2.17 bits per heavy atom. The number of hydrogen-bond acceptors (Lipinski definition) is 3. The van der Waals surface area contributed by atoms with Crippen molar-refractivity contribution in [2.24, 2.45) is 5.92 Å². The number of esters is 1. The molecule has 1 fully saturated rings. The van der Waals surface area contributed by atoms with Crippen molar-refractivity contribution in [3.05, 3.63) is 34.9 Å². The molecule has 0 N–H and O–H groups in total. The van der Waals surface area contributed by atoms with Gasteiger partial charge in [0.15, 0.2) is 0 Å². The van der Waals surface area contributed by atoms with E-state index in [0.29, 0.717) is 31.1 Å². The van der Waals surface area contributed by atoms with E-state index >= 15 is 0 Å². The highest BCUT2D eigenvalue weighted by Crippen LogP contribution is 2.23. The van der Waals surface area contributed by atoms with Gasteiger partial charge >= 0.3 is 5.97 Å². The van der Waals surface area contributed by atoms with Gasteiger partial charge < -0.3 is 9.64 Å². The van der Waals surface area contributed by atoms with Gasteiger partial charge in [0.2, 0.25) is 5.91 Å². The number of benzene rings is 1. The van der Waals surface area contributed by atoms with E-state index < -0.39 is 0 Å². The molecule has 0 radical (unpaired) electrons. The molecule has 0 bridgehead atoms. The molecule has 2 rings (SSSR count). The molecular formula is C17H21BrClNO3. The molecule has 1 aromatic carbocycles. The summed E-state index contributed by atoms with van der Waals surface area (Å²) in [6, 6.07) is 7.51. The van der Waals surface area contributed by atoms with Crippen LogP contribution in [0.15, 0.2) is 24.3 Å². The first-order valence-electron chi connectivity index (χ1n) is 7.85. The summed E-state index contributed by atoms with van der Waals surface area (Å²) in [5, 5.41) is 0.660. The molecule has 126 valence electrons. The number of rotatable bonds is 5. The number of hydrogen-bond donors (Lipinski definition) is 0. The molecule has 1 saturated heterocycles. The van der Waals surface area contributed by atoms with E-state index in [-0.39, 0.29) is 22.6 Å². The van der Waals surface area contributed by atoms with Crippen molar-refractivity contribution < 1.29 is 14.3 Å². The number of alkyl halides is 1. The zero-order valence-electron chi connectivity index (χ0n) is 13.1. The van der Waals surface area contributed by atoms with Gasteiger partial charge in [-0.2, -0.15) is 0 Å². The molecule has 0 aliphatic carbocycles. The predicted octanol–water partition coefficient (Wildman–Crippen LogP) is 3.45. The second-order valence-electron chi connectivity index (χ2n) is 5.64. The third-order valence-corrected chi connectivity index (χ3v) is 5.06. The van der Waals surface area contributed by atoms with Crippen molar-refractivity contribution in [3.8, 4) is 0 Å². The topological polar surface area (TPSA) is 46.6 Å². The Morgan fingerprint density at radius 3 is 2.87 bits per heavy atom. The van der Waals surface area contributed by atoms with Crippen molar-refractivity contribution in [3.63, 3.8) is 0 Å². The molecule has 6 heteroatoms. The largest absolute Gasteiger partial charge is 0.466 e. The van der Waals surface area contributed by atoms with Crippen LogP contribution in [0.5, 0.6) is 0 Å². The zero-order valence-corrected chi connectivity index (χ0v) is 15.5. The van der Waals surface area contributed by atoms with E-state index in [0.717, 1.165) is 18.4 Å². The molecule has 2 unspecified atom stereocenters. The molecule has 0 spiro atoms. The highest BCUT2D eigenvalue weighted by atomic mass is 79.9. The van der Waals surface area contributed by atoms with Crippen LogP contribution in [0, 0.1) is 5.92 Å². The third kappa shape index (κ3) is 4.95. The minimum atomic E-state index is -0.344. The van der Waals surface area contributed by atoms with Gasteiger partial charge in [0.1, 0.15) is 0 Å². The average Bonchev–Trinajstić information content (AvgIpc) is 2.56. The zero-order chi connectivity index (χ0) is 16.8. The average molecular weight is 403 g/mol. The van der Waals surface area contributed by atoms with Crippen LogP contribution in [0.3, 0.4) is 0 Å². The molecule has 1 amide bonds. The Labute approximate surface area is 150 Å². The molecule has 1 aromatic rings. The minimum Gasteiger partial charge on any atom is -0.466 e. The van der Waals surface area contributed by atoms with Crippen molar-refractivity contribution >= 4 is 39.4 Å². The Morgan fingerprint density at radius 1 is 1.43 bits per heavy atom. The Kier molecular flexibility index (Phi) is 6.90. The molecular weight excluding hydrogens is 382 g/mol. The summed E-state index contributed by atoms with van der Waals surface area (Å²) < 4.78 is 5.08. The molecule has 0 saturated carbocycles. The van der Waals surface area contributed by atoms with Crippen LogP contribution in [0.2, 0.25) is 5.02 Å². The van der Waals surface area contributed by atoms with Gasteiger partial charge in [-0.05, 0) is 37.8 Å². The van der Waals surface area contributed by atoms with Gasteiger partial charge in [0, 0.05) is 18.1 Å². The normalized spacial score (nSPS) is 19.3. The molecule has 1 aliphatic heterocycles. The van der Waals surface area contributed by atoms with Gasteiger partial charge in [0.05, 0.1) is 17.4 Å². The fourth-order valence-corrected chi connectivity index (χ4v) is 3.62. The van der Waals surface area contributed by atoms with Gasteiger partial charge in [-0.1, -0.05) is 45.7 Å². The Balaban J connectivity index is 1.96. The highest BCUT2D eigenvalue weighted by molar-refractivity contribution is 9.10. The summed E-state index contributed by atoms with van der Waals surface area (Å²) in [6.45, 7) is 3.28. The van der Waals surface area contributed by atoms with Gasteiger partial charge in [-0.15, -0.1) is 0 Å². The summed E-state index contributed by atoms with van der Waals surface area (Å²) in [5.41, 5.74) is 0.934. The van der Waals surface area contributed by atoms with Gasteiger partial charge in [0.25, 0.3) is 0 Å². The van der Waals surface area contributed by atoms with E-state index in [9.17, 15) is 9.59 Å². The van der Waals surface area contributed by atoms with E-state index in [1.165, 1.54) is 0 Å². The van der Waals surface area contributed by atoms with E-state index in [1.54, 1.807) is 11.8 Å². The first-order chi connectivity index (χ1) is 11.0. The molecule has 4 nitrogen and oxygen atoms in total. The van der Waals surface area contributed by atoms with Crippen molar-refractivity contribution in [1.29, 1.82) is 0 Å². The lowest BCUT2D eigenvalue weighted by Gasteiger charge is -2.33. The van der Waals surface area contributed by atoms with Crippen molar-refractivity contribution in [2.75, 3.05) is 19.7 Å². The van der Waals surface area contributed by atoms with Gasteiger partial charge in [-0.25, -0.2) is 0 Å². The number of piperidine rings is 1. The van der Waals surface area contributed by atoms with Crippen LogP contribution in [0.25, 0.3) is 0 Å². The number of amides is 1. The van der Waals surface area contributed by atoms with Crippen LogP contribution in [-0.2, 0) is 20.7 Å². The van der Waals surface area contributed by atoms with Crippen LogP contribution < -0.4 is 0 Å². The lowest BCUT2D eigenvalue weighted by molar-refractivity contribution is -0.151. The first kappa shape index (κ1) is 18.3. The van der Waals surface area contributed by atoms with Crippen LogP contribution in [0.1, 0.15) is 25.3 Å². The molecule has 23 heavy (non-hydrogen) atoms. The fraction of sp³-hybridized carbons (Fsp3) is 0.529. The predicted molar refractivity (Wildman–Crippen MR) is 93.8 cm³/mol. The van der Waals surface area contributed by atoms with Crippen LogP contribution in [-0.4, -0.2) is 41.3 Å². The number of ether oxygens (including phenoxy) is 1. The quantitative estimate of drug-likeness (QED) is 0.560. The van der Waals surface area contributed by atoms with E-state index in [2.05, 4.69) is 15.9 Å². The molecule has 0 aromatic heterocycles. The van der Waals surface area contributed by atoms with E-state index in [4.69, 9.17) is 16.3 Å². The van der Waals surface area contributed by atoms with Gasteiger partial charge in [-0.3, -0.25) is 9.59 Å². The van der Waals surface area contributed by atoms with Crippen LogP contribution >= 0.6 is 27.5 Å². The minimum absolute atomic E-state index is 0.00100. The summed E-state index contributed by atoms with van der Waals surface area (Å²) >= 11 is 9.62. The second kappa shape index (κ2) is 8.69. The standard InChI is InChI=1S/C17H21BrClNO3/c1-2-23-17(22)13-7-5-9-20(11-13)16(21)14(18)10-12-6-3-4-8-15(12)19/h3-4,6,8,13-14H,2,5,7,9-11H2,1H3. The number of likely N-dealkylation sites (tertiary alicyclic amines) is 1. The summed E-state index contributed by atoms with van der Waals surface area (Å²) in [5.74, 6) is -0.422. The third-order valence-electron chi connectivity index (χ3n) is 3.98. The monoisotopic (exact) mass is 401 g/mol. The number of carbonyl (C=O) groups excluding carboxylic acids is 2. The SMILES string of the molecule is CCOC(=O)C1CCCN(C(=O)C(Br)Cc2ccccc2Cl)C1. The summed E-state index contributed by atoms with van der Waals surface area (Å²) in [4.78, 5) is 25.9. The first-order valence-corrected chi connectivity index (χ1v) is 9.15.